The SMILES string of the molecule is Fc1ccccc1NC(=S)N1CCN(Cc2cccc3ccccc23)CC1. The summed E-state index contributed by atoms with van der Waals surface area (Å²) in [4.78, 5) is 4.56. The summed E-state index contributed by atoms with van der Waals surface area (Å²) in [6.45, 7) is 4.48. The largest absolute Gasteiger partial charge is 0.346 e. The summed E-state index contributed by atoms with van der Waals surface area (Å²) in [5.74, 6) is -0.283. The third-order valence-electron chi connectivity index (χ3n) is 5.05. The summed E-state index contributed by atoms with van der Waals surface area (Å²) in [5, 5.41) is 6.22. The highest BCUT2D eigenvalue weighted by Gasteiger charge is 2.20. The Kier molecular flexibility index (Phi) is 5.32. The average Bonchev–Trinajstić information content (AvgIpc) is 2.70. The summed E-state index contributed by atoms with van der Waals surface area (Å²) in [5.41, 5.74) is 1.79. The molecule has 0 amide bonds. The number of rotatable bonds is 3. The van der Waals surface area contributed by atoms with Gasteiger partial charge < -0.3 is 10.2 Å². The van der Waals surface area contributed by atoms with Gasteiger partial charge in [0.2, 0.25) is 0 Å². The van der Waals surface area contributed by atoms with Crippen molar-refractivity contribution in [3.8, 4) is 0 Å². The van der Waals surface area contributed by atoms with Crippen LogP contribution in [0.4, 0.5) is 10.1 Å². The number of benzene rings is 3. The van der Waals surface area contributed by atoms with E-state index < -0.39 is 0 Å². The molecular weight excluding hydrogens is 357 g/mol. The number of anilines is 1. The van der Waals surface area contributed by atoms with Gasteiger partial charge in [-0.2, -0.15) is 0 Å². The minimum Gasteiger partial charge on any atom is -0.346 e. The number of hydrogen-bond donors (Lipinski definition) is 1. The van der Waals surface area contributed by atoms with E-state index in [1.54, 1.807) is 18.2 Å². The maximum atomic E-state index is 13.8. The fourth-order valence-corrected chi connectivity index (χ4v) is 3.83. The van der Waals surface area contributed by atoms with Gasteiger partial charge in [-0.1, -0.05) is 54.6 Å². The summed E-state index contributed by atoms with van der Waals surface area (Å²) in [6, 6.07) is 21.6. The van der Waals surface area contributed by atoms with Crippen LogP contribution in [0.5, 0.6) is 0 Å². The summed E-state index contributed by atoms with van der Waals surface area (Å²) >= 11 is 5.48. The molecule has 3 nitrogen and oxygen atoms in total. The molecule has 0 radical (unpaired) electrons. The van der Waals surface area contributed by atoms with Crippen LogP contribution in [0.25, 0.3) is 10.8 Å². The second kappa shape index (κ2) is 8.03. The van der Waals surface area contributed by atoms with Gasteiger partial charge in [-0.15, -0.1) is 0 Å². The van der Waals surface area contributed by atoms with Gasteiger partial charge in [0.15, 0.2) is 5.11 Å². The Morgan fingerprint density at radius 1 is 0.889 bits per heavy atom. The fourth-order valence-electron chi connectivity index (χ4n) is 3.54. The van der Waals surface area contributed by atoms with Crippen LogP contribution in [0.2, 0.25) is 0 Å². The first-order valence-corrected chi connectivity index (χ1v) is 9.61. The Hall–Kier alpha value is -2.50. The second-order valence-corrected chi connectivity index (χ2v) is 7.20. The van der Waals surface area contributed by atoms with Crippen molar-refractivity contribution >= 4 is 33.8 Å². The van der Waals surface area contributed by atoms with Gasteiger partial charge in [0, 0.05) is 32.7 Å². The van der Waals surface area contributed by atoms with Gasteiger partial charge in [0.05, 0.1) is 5.69 Å². The standard InChI is InChI=1S/C22H22FN3S/c23-20-10-3-4-11-21(20)24-22(27)26-14-12-25(13-15-26)16-18-8-5-7-17-6-1-2-9-19(17)18/h1-11H,12-16H2,(H,24,27). The van der Waals surface area contributed by atoms with Crippen molar-refractivity contribution in [1.82, 2.24) is 9.80 Å². The maximum absolute atomic E-state index is 13.8. The Balaban J connectivity index is 1.36. The molecule has 0 bridgehead atoms. The van der Waals surface area contributed by atoms with Crippen LogP contribution in [-0.2, 0) is 6.54 Å². The Morgan fingerprint density at radius 3 is 2.41 bits per heavy atom. The highest BCUT2D eigenvalue weighted by molar-refractivity contribution is 7.80. The van der Waals surface area contributed by atoms with Crippen LogP contribution in [0.15, 0.2) is 66.7 Å². The topological polar surface area (TPSA) is 18.5 Å². The van der Waals surface area contributed by atoms with Gasteiger partial charge in [-0.05, 0) is 40.7 Å². The number of fused-ring (bicyclic) bond motifs is 1. The predicted octanol–water partition coefficient (Wildman–Crippen LogP) is 4.49. The number of nitrogens with one attached hydrogen (secondary N) is 1. The zero-order valence-electron chi connectivity index (χ0n) is 15.1. The Bertz CT molecular complexity index is 946. The smallest absolute Gasteiger partial charge is 0.173 e. The van der Waals surface area contributed by atoms with E-state index in [1.807, 2.05) is 0 Å². The molecule has 1 aliphatic rings. The molecule has 0 atom stereocenters. The minimum absolute atomic E-state index is 0.283. The lowest BCUT2D eigenvalue weighted by atomic mass is 10.0. The molecule has 138 valence electrons. The fraction of sp³-hybridized carbons (Fsp3) is 0.227. The van der Waals surface area contributed by atoms with Crippen LogP contribution in [0.3, 0.4) is 0 Å². The highest BCUT2D eigenvalue weighted by Crippen LogP contribution is 2.21. The molecule has 0 aliphatic carbocycles. The first-order valence-electron chi connectivity index (χ1n) is 9.20. The molecule has 3 aromatic carbocycles. The molecule has 1 aliphatic heterocycles. The van der Waals surface area contributed by atoms with Gasteiger partial charge in [0.1, 0.15) is 5.82 Å². The van der Waals surface area contributed by atoms with Crippen molar-refractivity contribution < 1.29 is 4.39 Å². The third kappa shape index (κ3) is 4.10. The number of nitrogens with zero attached hydrogens (tertiary/aromatic N) is 2. The second-order valence-electron chi connectivity index (χ2n) is 6.81. The van der Waals surface area contributed by atoms with Gasteiger partial charge in [0.25, 0.3) is 0 Å². The molecule has 3 aromatic rings. The number of halogens is 1. The van der Waals surface area contributed by atoms with Crippen LogP contribution in [0, 0.1) is 5.82 Å². The van der Waals surface area contributed by atoms with Crippen LogP contribution in [0.1, 0.15) is 5.56 Å². The number of para-hydroxylation sites is 1. The zero-order chi connectivity index (χ0) is 18.6. The van der Waals surface area contributed by atoms with E-state index in [0.29, 0.717) is 10.8 Å². The van der Waals surface area contributed by atoms with E-state index in [0.717, 1.165) is 32.7 Å². The summed E-state index contributed by atoms with van der Waals surface area (Å²) in [7, 11) is 0. The summed E-state index contributed by atoms with van der Waals surface area (Å²) < 4.78 is 13.8. The van der Waals surface area contributed by atoms with Crippen LogP contribution < -0.4 is 5.32 Å². The van der Waals surface area contributed by atoms with E-state index in [-0.39, 0.29) is 5.82 Å². The summed E-state index contributed by atoms with van der Waals surface area (Å²) in [6.07, 6.45) is 0. The molecule has 0 spiro atoms. The Morgan fingerprint density at radius 2 is 1.59 bits per heavy atom. The monoisotopic (exact) mass is 379 g/mol. The quantitative estimate of drug-likeness (QED) is 0.676. The molecule has 1 heterocycles. The van der Waals surface area contributed by atoms with Gasteiger partial charge in [-0.3, -0.25) is 4.90 Å². The van der Waals surface area contributed by atoms with Crippen LogP contribution in [-0.4, -0.2) is 41.1 Å². The maximum Gasteiger partial charge on any atom is 0.173 e. The zero-order valence-corrected chi connectivity index (χ0v) is 15.9. The molecule has 0 aromatic heterocycles. The van der Waals surface area contributed by atoms with E-state index >= 15 is 0 Å². The number of hydrogen-bond acceptors (Lipinski definition) is 2. The van der Waals surface area contributed by atoms with Crippen molar-refractivity contribution in [2.45, 2.75) is 6.54 Å². The molecule has 1 saturated heterocycles. The predicted molar refractivity (Wildman–Crippen MR) is 113 cm³/mol. The van der Waals surface area contributed by atoms with Gasteiger partial charge >= 0.3 is 0 Å². The molecule has 5 heteroatoms. The van der Waals surface area contributed by atoms with Crippen molar-refractivity contribution in [2.24, 2.45) is 0 Å². The number of piperazine rings is 1. The highest BCUT2D eigenvalue weighted by atomic mass is 32.1. The molecule has 4 rings (SSSR count). The van der Waals surface area contributed by atoms with E-state index in [1.165, 1.54) is 22.4 Å². The molecule has 0 unspecified atom stereocenters. The molecular formula is C22H22FN3S. The first kappa shape index (κ1) is 17.9. The lowest BCUT2D eigenvalue weighted by Crippen LogP contribution is -2.49. The number of thiocarbonyl (C=S) groups is 1. The van der Waals surface area contributed by atoms with Crippen molar-refractivity contribution in [3.63, 3.8) is 0 Å². The van der Waals surface area contributed by atoms with Crippen molar-refractivity contribution in [2.75, 3.05) is 31.5 Å². The van der Waals surface area contributed by atoms with Gasteiger partial charge in [-0.25, -0.2) is 4.39 Å². The molecule has 1 fully saturated rings. The molecule has 1 N–H and O–H groups in total. The third-order valence-corrected chi connectivity index (χ3v) is 5.41. The Labute approximate surface area is 164 Å². The minimum atomic E-state index is -0.283. The molecule has 0 saturated carbocycles. The van der Waals surface area contributed by atoms with E-state index in [9.17, 15) is 4.39 Å². The lowest BCUT2D eigenvalue weighted by molar-refractivity contribution is 0.177. The first-order chi connectivity index (χ1) is 13.2. The van der Waals surface area contributed by atoms with Crippen molar-refractivity contribution in [3.05, 3.63) is 78.1 Å². The lowest BCUT2D eigenvalue weighted by Gasteiger charge is -2.36. The normalized spacial score (nSPS) is 15.1. The van der Waals surface area contributed by atoms with E-state index in [4.69, 9.17) is 12.2 Å². The average molecular weight is 380 g/mol. The van der Waals surface area contributed by atoms with Crippen molar-refractivity contribution in [1.29, 1.82) is 0 Å². The van der Waals surface area contributed by atoms with Crippen LogP contribution >= 0.6 is 12.2 Å². The van der Waals surface area contributed by atoms with E-state index in [2.05, 4.69) is 57.6 Å². The molecule has 27 heavy (non-hydrogen) atoms.